The van der Waals surface area contributed by atoms with Crippen LogP contribution in [0.5, 0.6) is 17.2 Å². The predicted molar refractivity (Wildman–Crippen MR) is 97.0 cm³/mol. The first-order valence-electron chi connectivity index (χ1n) is 8.51. The van der Waals surface area contributed by atoms with Crippen molar-refractivity contribution in [3.05, 3.63) is 48.0 Å². The summed E-state index contributed by atoms with van der Waals surface area (Å²) in [6.45, 7) is 0. The molecule has 2 unspecified atom stereocenters. The molecule has 3 rings (SSSR count). The smallest absolute Gasteiger partial charge is 0.396 e. The third kappa shape index (κ3) is 4.27. The van der Waals surface area contributed by atoms with Crippen LogP contribution in [0.15, 0.2) is 47.4 Å². The van der Waals surface area contributed by atoms with Gasteiger partial charge in [0.05, 0.1) is 25.0 Å². The summed E-state index contributed by atoms with van der Waals surface area (Å²) in [7, 11) is -1.63. The summed E-state index contributed by atoms with van der Waals surface area (Å²) in [5.74, 6) is -6.18. The molecule has 0 fully saturated rings. The van der Waals surface area contributed by atoms with E-state index in [1.807, 2.05) is 0 Å². The SMILES string of the molecule is COc1cc(OC)c2c(c1)OC(O)(CS(=O)(=O)c1ccccc1)CC2C(F)(F)F. The van der Waals surface area contributed by atoms with E-state index in [1.165, 1.54) is 44.6 Å². The van der Waals surface area contributed by atoms with E-state index in [1.54, 1.807) is 6.07 Å². The lowest BCUT2D eigenvalue weighted by molar-refractivity contribution is -0.201. The number of hydrogen-bond acceptors (Lipinski definition) is 6. The van der Waals surface area contributed by atoms with E-state index < -0.39 is 39.9 Å². The van der Waals surface area contributed by atoms with Gasteiger partial charge in [-0.25, -0.2) is 8.42 Å². The summed E-state index contributed by atoms with van der Waals surface area (Å²) >= 11 is 0. The van der Waals surface area contributed by atoms with Gasteiger partial charge in [-0.3, -0.25) is 0 Å². The van der Waals surface area contributed by atoms with Crippen LogP contribution < -0.4 is 14.2 Å². The number of alkyl halides is 3. The largest absolute Gasteiger partial charge is 0.496 e. The highest BCUT2D eigenvalue weighted by Crippen LogP contribution is 2.53. The predicted octanol–water partition coefficient (Wildman–Crippen LogP) is 3.29. The molecule has 2 aromatic rings. The molecule has 0 amide bonds. The average Bonchev–Trinajstić information content (AvgIpc) is 2.65. The van der Waals surface area contributed by atoms with Crippen LogP contribution in [0.2, 0.25) is 0 Å². The molecule has 1 N–H and O–H groups in total. The highest BCUT2D eigenvalue weighted by atomic mass is 32.2. The number of benzene rings is 2. The lowest BCUT2D eigenvalue weighted by Gasteiger charge is -2.39. The number of hydrogen-bond donors (Lipinski definition) is 1. The van der Waals surface area contributed by atoms with Crippen molar-refractivity contribution >= 4 is 9.84 Å². The fourth-order valence-corrected chi connectivity index (χ4v) is 4.84. The van der Waals surface area contributed by atoms with E-state index in [0.717, 1.165) is 6.07 Å². The van der Waals surface area contributed by atoms with Crippen LogP contribution in [0, 0.1) is 0 Å². The van der Waals surface area contributed by atoms with Gasteiger partial charge >= 0.3 is 6.18 Å². The maximum absolute atomic E-state index is 13.8. The van der Waals surface area contributed by atoms with E-state index in [-0.39, 0.29) is 27.7 Å². The van der Waals surface area contributed by atoms with Crippen LogP contribution in [0.3, 0.4) is 0 Å². The summed E-state index contributed by atoms with van der Waals surface area (Å²) in [5, 5.41) is 10.8. The molecule has 2 aromatic carbocycles. The number of halogens is 3. The van der Waals surface area contributed by atoms with Gasteiger partial charge in [-0.2, -0.15) is 13.2 Å². The second-order valence-corrected chi connectivity index (χ2v) is 8.65. The van der Waals surface area contributed by atoms with Gasteiger partial charge in [-0.05, 0) is 12.1 Å². The molecular formula is C19H19F3O6S. The number of rotatable bonds is 5. The van der Waals surface area contributed by atoms with Crippen molar-refractivity contribution in [1.82, 2.24) is 0 Å². The molecule has 2 atom stereocenters. The molecule has 10 heteroatoms. The Morgan fingerprint density at radius 3 is 2.38 bits per heavy atom. The van der Waals surface area contributed by atoms with Crippen LogP contribution in [-0.2, 0) is 9.84 Å². The van der Waals surface area contributed by atoms with Gasteiger partial charge in [0, 0.05) is 24.1 Å². The van der Waals surface area contributed by atoms with Crippen molar-refractivity contribution in [2.24, 2.45) is 0 Å². The topological polar surface area (TPSA) is 82.1 Å². The monoisotopic (exact) mass is 432 g/mol. The minimum Gasteiger partial charge on any atom is -0.496 e. The highest BCUT2D eigenvalue weighted by Gasteiger charge is 2.54. The first-order chi connectivity index (χ1) is 13.5. The lowest BCUT2D eigenvalue weighted by Crippen LogP contribution is -2.49. The minimum absolute atomic E-state index is 0.130. The van der Waals surface area contributed by atoms with Crippen LogP contribution >= 0.6 is 0 Å². The van der Waals surface area contributed by atoms with Gasteiger partial charge in [-0.1, -0.05) is 18.2 Å². The van der Waals surface area contributed by atoms with E-state index in [4.69, 9.17) is 14.2 Å². The van der Waals surface area contributed by atoms with E-state index >= 15 is 0 Å². The third-order valence-corrected chi connectivity index (χ3v) is 6.44. The first kappa shape index (κ1) is 21.3. The van der Waals surface area contributed by atoms with Gasteiger partial charge in [0.1, 0.15) is 23.0 Å². The van der Waals surface area contributed by atoms with Crippen molar-refractivity contribution < 1.29 is 40.9 Å². The van der Waals surface area contributed by atoms with Crippen LogP contribution in [-0.4, -0.2) is 45.5 Å². The summed E-state index contributed by atoms with van der Waals surface area (Å²) in [6.07, 6.45) is -5.77. The molecule has 158 valence electrons. The molecule has 1 aliphatic rings. The van der Waals surface area contributed by atoms with Crippen molar-refractivity contribution in [3.63, 3.8) is 0 Å². The Labute approximate surface area is 165 Å². The summed E-state index contributed by atoms with van der Waals surface area (Å²) in [6, 6.07) is 9.57. The van der Waals surface area contributed by atoms with Gasteiger partial charge in [0.25, 0.3) is 0 Å². The van der Waals surface area contributed by atoms with Crippen LogP contribution in [0.1, 0.15) is 17.9 Å². The molecule has 6 nitrogen and oxygen atoms in total. The Bertz CT molecular complexity index is 991. The zero-order chi connectivity index (χ0) is 21.4. The fraction of sp³-hybridized carbons (Fsp3) is 0.368. The van der Waals surface area contributed by atoms with E-state index in [9.17, 15) is 26.7 Å². The standard InChI is InChI=1S/C19H19F3O6S/c1-26-12-8-15(27-2)17-14(19(20,21)22)10-18(23,28-16(17)9-12)11-29(24,25)13-6-4-3-5-7-13/h3-9,14,23H,10-11H2,1-2H3. The summed E-state index contributed by atoms with van der Waals surface area (Å²) < 4.78 is 82.2. The van der Waals surface area contributed by atoms with Crippen LogP contribution in [0.25, 0.3) is 0 Å². The van der Waals surface area contributed by atoms with Crippen molar-refractivity contribution in [2.75, 3.05) is 20.0 Å². The molecule has 0 bridgehead atoms. The normalized spacial score (nSPS) is 21.8. The molecule has 0 aliphatic carbocycles. The average molecular weight is 432 g/mol. The second-order valence-electron chi connectivity index (χ2n) is 6.66. The summed E-state index contributed by atoms with van der Waals surface area (Å²) in [5.41, 5.74) is -0.317. The maximum atomic E-state index is 13.8. The minimum atomic E-state index is -4.77. The zero-order valence-corrected chi connectivity index (χ0v) is 16.4. The number of methoxy groups -OCH3 is 2. The Balaban J connectivity index is 2.08. The number of ether oxygens (including phenoxy) is 3. The number of fused-ring (bicyclic) bond motifs is 1. The fourth-order valence-electron chi connectivity index (χ4n) is 3.33. The molecule has 29 heavy (non-hydrogen) atoms. The molecular weight excluding hydrogens is 413 g/mol. The molecule has 0 saturated carbocycles. The Kier molecular flexibility index (Phi) is 5.44. The van der Waals surface area contributed by atoms with Gasteiger partial charge < -0.3 is 19.3 Å². The van der Waals surface area contributed by atoms with Crippen LogP contribution in [0.4, 0.5) is 13.2 Å². The van der Waals surface area contributed by atoms with E-state index in [2.05, 4.69) is 0 Å². The molecule has 0 aromatic heterocycles. The number of aliphatic hydroxyl groups is 1. The van der Waals surface area contributed by atoms with Crippen molar-refractivity contribution in [1.29, 1.82) is 0 Å². The van der Waals surface area contributed by atoms with E-state index in [0.29, 0.717) is 0 Å². The molecule has 1 aliphatic heterocycles. The highest BCUT2D eigenvalue weighted by molar-refractivity contribution is 7.91. The quantitative estimate of drug-likeness (QED) is 0.781. The van der Waals surface area contributed by atoms with Crippen molar-refractivity contribution in [2.45, 2.75) is 29.2 Å². The molecule has 0 spiro atoms. The molecule has 0 radical (unpaired) electrons. The summed E-state index contributed by atoms with van der Waals surface area (Å²) in [4.78, 5) is -0.130. The second kappa shape index (κ2) is 7.42. The Morgan fingerprint density at radius 2 is 1.83 bits per heavy atom. The van der Waals surface area contributed by atoms with Gasteiger partial charge in [-0.15, -0.1) is 0 Å². The Morgan fingerprint density at radius 1 is 1.17 bits per heavy atom. The number of sulfone groups is 1. The molecule has 0 saturated heterocycles. The van der Waals surface area contributed by atoms with Gasteiger partial charge in [0.2, 0.25) is 5.79 Å². The van der Waals surface area contributed by atoms with Crippen molar-refractivity contribution in [3.8, 4) is 17.2 Å². The molecule has 1 heterocycles. The Hall–Kier alpha value is -2.46. The van der Waals surface area contributed by atoms with Gasteiger partial charge in [0.15, 0.2) is 9.84 Å². The maximum Gasteiger partial charge on any atom is 0.396 e. The lowest BCUT2D eigenvalue weighted by atomic mass is 9.87. The zero-order valence-electron chi connectivity index (χ0n) is 15.6. The first-order valence-corrected chi connectivity index (χ1v) is 10.2. The third-order valence-electron chi connectivity index (χ3n) is 4.62.